The van der Waals surface area contributed by atoms with Crippen molar-refractivity contribution in [2.24, 2.45) is 0 Å². The van der Waals surface area contributed by atoms with E-state index in [0.717, 1.165) is 6.42 Å². The van der Waals surface area contributed by atoms with E-state index in [1.807, 2.05) is 0 Å². The Kier molecular flexibility index (Phi) is 4.03. The molecular formula is C12H18N4O3. The van der Waals surface area contributed by atoms with Crippen LogP contribution in [0.2, 0.25) is 0 Å². The van der Waals surface area contributed by atoms with Gasteiger partial charge in [-0.2, -0.15) is 5.10 Å². The molecule has 1 unspecified atom stereocenters. The number of nitrogens with two attached hydrogens (primary N) is 1. The SMILES string of the molecule is CCOC(=O)C1CCCN1C(=O)Cn1ccc(N)n1. The van der Waals surface area contributed by atoms with E-state index in [1.165, 1.54) is 4.68 Å². The number of nitrogens with zero attached hydrogens (tertiary/aromatic N) is 3. The largest absolute Gasteiger partial charge is 0.464 e. The van der Waals surface area contributed by atoms with E-state index in [1.54, 1.807) is 24.1 Å². The molecule has 0 radical (unpaired) electrons. The van der Waals surface area contributed by atoms with Gasteiger partial charge in [0.05, 0.1) is 6.61 Å². The number of nitrogen functional groups attached to an aromatic ring is 1. The van der Waals surface area contributed by atoms with Crippen LogP contribution in [0.4, 0.5) is 5.82 Å². The number of carbonyl (C=O) groups excluding carboxylic acids is 2. The van der Waals surface area contributed by atoms with E-state index in [-0.39, 0.29) is 18.4 Å². The molecule has 19 heavy (non-hydrogen) atoms. The molecule has 1 atom stereocenters. The highest BCUT2D eigenvalue weighted by Gasteiger charge is 2.34. The Balaban J connectivity index is 1.99. The summed E-state index contributed by atoms with van der Waals surface area (Å²) < 4.78 is 6.46. The predicted octanol–water partition coefficient (Wildman–Crippen LogP) is 0.0194. The molecule has 2 heterocycles. The van der Waals surface area contributed by atoms with Crippen LogP contribution in [0, 0.1) is 0 Å². The lowest BCUT2D eigenvalue weighted by molar-refractivity contribution is -0.153. The molecule has 2 N–H and O–H groups in total. The van der Waals surface area contributed by atoms with Gasteiger partial charge in [0, 0.05) is 12.7 Å². The first-order valence-corrected chi connectivity index (χ1v) is 6.37. The van der Waals surface area contributed by atoms with Crippen molar-refractivity contribution in [3.8, 4) is 0 Å². The topological polar surface area (TPSA) is 90.5 Å². The second-order valence-corrected chi connectivity index (χ2v) is 4.44. The minimum Gasteiger partial charge on any atom is -0.464 e. The average Bonchev–Trinajstić information content (AvgIpc) is 2.98. The van der Waals surface area contributed by atoms with Crippen molar-refractivity contribution in [3.63, 3.8) is 0 Å². The quantitative estimate of drug-likeness (QED) is 0.776. The van der Waals surface area contributed by atoms with Gasteiger partial charge in [-0.25, -0.2) is 4.79 Å². The van der Waals surface area contributed by atoms with Crippen molar-refractivity contribution in [2.75, 3.05) is 18.9 Å². The normalized spacial score (nSPS) is 18.6. The number of hydrogen-bond donors (Lipinski definition) is 1. The van der Waals surface area contributed by atoms with Crippen molar-refractivity contribution in [1.82, 2.24) is 14.7 Å². The number of amides is 1. The molecule has 1 aliphatic heterocycles. The third-order valence-corrected chi connectivity index (χ3v) is 3.09. The van der Waals surface area contributed by atoms with Crippen LogP contribution in [0.15, 0.2) is 12.3 Å². The summed E-state index contributed by atoms with van der Waals surface area (Å²) in [6, 6.07) is 1.17. The summed E-state index contributed by atoms with van der Waals surface area (Å²) in [5, 5.41) is 3.96. The van der Waals surface area contributed by atoms with E-state index in [0.29, 0.717) is 25.4 Å². The summed E-state index contributed by atoms with van der Waals surface area (Å²) in [7, 11) is 0. The van der Waals surface area contributed by atoms with E-state index >= 15 is 0 Å². The Bertz CT molecular complexity index is 471. The lowest BCUT2D eigenvalue weighted by Crippen LogP contribution is -2.43. The van der Waals surface area contributed by atoms with Gasteiger partial charge in [0.25, 0.3) is 0 Å². The maximum atomic E-state index is 12.2. The highest BCUT2D eigenvalue weighted by molar-refractivity contribution is 5.85. The van der Waals surface area contributed by atoms with Gasteiger partial charge in [0.1, 0.15) is 18.4 Å². The van der Waals surface area contributed by atoms with Crippen LogP contribution in [0.25, 0.3) is 0 Å². The Morgan fingerprint density at radius 2 is 2.37 bits per heavy atom. The van der Waals surface area contributed by atoms with Crippen LogP contribution in [0.5, 0.6) is 0 Å². The van der Waals surface area contributed by atoms with Gasteiger partial charge in [-0.15, -0.1) is 0 Å². The van der Waals surface area contributed by atoms with Gasteiger partial charge < -0.3 is 15.4 Å². The molecule has 1 fully saturated rings. The number of hydrogen-bond acceptors (Lipinski definition) is 5. The Morgan fingerprint density at radius 3 is 3.00 bits per heavy atom. The van der Waals surface area contributed by atoms with Crippen molar-refractivity contribution in [3.05, 3.63) is 12.3 Å². The van der Waals surface area contributed by atoms with Crippen LogP contribution in [-0.2, 0) is 20.9 Å². The van der Waals surface area contributed by atoms with Gasteiger partial charge in [-0.05, 0) is 25.8 Å². The number of ether oxygens (including phenoxy) is 1. The third kappa shape index (κ3) is 3.04. The van der Waals surface area contributed by atoms with Gasteiger partial charge in [-0.3, -0.25) is 9.48 Å². The standard InChI is InChI=1S/C12H18N4O3/c1-2-19-12(18)9-4-3-6-16(9)11(17)8-15-7-5-10(13)14-15/h5,7,9H,2-4,6,8H2,1H3,(H2,13,14). The first kappa shape index (κ1) is 13.4. The lowest BCUT2D eigenvalue weighted by atomic mass is 10.2. The molecule has 0 aliphatic carbocycles. The number of carbonyl (C=O) groups is 2. The van der Waals surface area contributed by atoms with Gasteiger partial charge in [-0.1, -0.05) is 0 Å². The van der Waals surface area contributed by atoms with E-state index in [9.17, 15) is 9.59 Å². The number of esters is 1. The average molecular weight is 266 g/mol. The maximum Gasteiger partial charge on any atom is 0.328 e. The highest BCUT2D eigenvalue weighted by atomic mass is 16.5. The summed E-state index contributed by atoms with van der Waals surface area (Å²) in [4.78, 5) is 25.5. The van der Waals surface area contributed by atoms with Crippen LogP contribution >= 0.6 is 0 Å². The predicted molar refractivity (Wildman–Crippen MR) is 68.0 cm³/mol. The molecule has 1 saturated heterocycles. The monoisotopic (exact) mass is 266 g/mol. The van der Waals surface area contributed by atoms with Crippen molar-refractivity contribution in [2.45, 2.75) is 32.4 Å². The number of anilines is 1. The fourth-order valence-corrected chi connectivity index (χ4v) is 2.24. The molecule has 1 aromatic heterocycles. The van der Waals surface area contributed by atoms with Crippen LogP contribution in [0.3, 0.4) is 0 Å². The fourth-order valence-electron chi connectivity index (χ4n) is 2.24. The highest BCUT2D eigenvalue weighted by Crippen LogP contribution is 2.19. The summed E-state index contributed by atoms with van der Waals surface area (Å²) in [6.45, 7) is 2.75. The van der Waals surface area contributed by atoms with E-state index in [4.69, 9.17) is 10.5 Å². The molecule has 0 spiro atoms. The second-order valence-electron chi connectivity index (χ2n) is 4.44. The summed E-state index contributed by atoms with van der Waals surface area (Å²) in [6.07, 6.45) is 3.12. The third-order valence-electron chi connectivity index (χ3n) is 3.09. The first-order valence-electron chi connectivity index (χ1n) is 6.37. The molecule has 0 saturated carbocycles. The Labute approximate surface area is 111 Å². The Morgan fingerprint density at radius 1 is 1.58 bits per heavy atom. The molecule has 2 rings (SSSR count). The maximum absolute atomic E-state index is 12.2. The molecule has 1 aromatic rings. The molecule has 0 bridgehead atoms. The summed E-state index contributed by atoms with van der Waals surface area (Å²) >= 11 is 0. The molecule has 1 aliphatic rings. The number of likely N-dealkylation sites (tertiary alicyclic amines) is 1. The smallest absolute Gasteiger partial charge is 0.328 e. The van der Waals surface area contributed by atoms with E-state index < -0.39 is 6.04 Å². The Hall–Kier alpha value is -2.05. The minimum absolute atomic E-state index is 0.0904. The van der Waals surface area contributed by atoms with Crippen molar-refractivity contribution in [1.29, 1.82) is 0 Å². The second kappa shape index (κ2) is 5.73. The zero-order chi connectivity index (χ0) is 13.8. The van der Waals surface area contributed by atoms with Gasteiger partial charge in [0.2, 0.25) is 5.91 Å². The summed E-state index contributed by atoms with van der Waals surface area (Å²) in [5.74, 6) is -0.0943. The van der Waals surface area contributed by atoms with Gasteiger partial charge >= 0.3 is 5.97 Å². The molecule has 7 nitrogen and oxygen atoms in total. The van der Waals surface area contributed by atoms with Crippen molar-refractivity contribution < 1.29 is 14.3 Å². The van der Waals surface area contributed by atoms with E-state index in [2.05, 4.69) is 5.10 Å². The molecule has 7 heteroatoms. The number of rotatable bonds is 4. The fraction of sp³-hybridized carbons (Fsp3) is 0.583. The lowest BCUT2D eigenvalue weighted by Gasteiger charge is -2.23. The summed E-state index contributed by atoms with van der Waals surface area (Å²) in [5.41, 5.74) is 5.49. The number of aromatic nitrogens is 2. The minimum atomic E-state index is -0.458. The first-order chi connectivity index (χ1) is 9.11. The molecule has 104 valence electrons. The van der Waals surface area contributed by atoms with Crippen LogP contribution in [-0.4, -0.2) is 45.8 Å². The van der Waals surface area contributed by atoms with Crippen molar-refractivity contribution >= 4 is 17.7 Å². The zero-order valence-corrected chi connectivity index (χ0v) is 10.9. The van der Waals surface area contributed by atoms with Crippen LogP contribution in [0.1, 0.15) is 19.8 Å². The zero-order valence-electron chi connectivity index (χ0n) is 10.9. The van der Waals surface area contributed by atoms with Gasteiger partial charge in [0.15, 0.2) is 0 Å². The molecule has 1 amide bonds. The molecular weight excluding hydrogens is 248 g/mol. The van der Waals surface area contributed by atoms with Crippen LogP contribution < -0.4 is 5.73 Å². The molecule has 0 aromatic carbocycles.